The van der Waals surface area contributed by atoms with Gasteiger partial charge in [0.1, 0.15) is 6.07 Å². The van der Waals surface area contributed by atoms with Crippen molar-refractivity contribution in [3.05, 3.63) is 23.0 Å². The Morgan fingerprint density at radius 2 is 2.13 bits per heavy atom. The minimum Gasteiger partial charge on any atom is -0.384 e. The quantitative estimate of drug-likeness (QED) is 0.821. The average molecular weight is 203 g/mol. The van der Waals surface area contributed by atoms with Crippen molar-refractivity contribution in [1.82, 2.24) is 4.98 Å². The van der Waals surface area contributed by atoms with E-state index in [0.717, 1.165) is 23.6 Å². The van der Waals surface area contributed by atoms with Gasteiger partial charge in [-0.1, -0.05) is 13.8 Å². The molecule has 0 amide bonds. The first kappa shape index (κ1) is 11.5. The predicted octanol–water partition coefficient (Wildman–Crippen LogP) is 2.64. The fourth-order valence-electron chi connectivity index (χ4n) is 1.42. The molecule has 0 atom stereocenters. The summed E-state index contributed by atoms with van der Waals surface area (Å²) in [6.07, 6.45) is 0. The Labute approximate surface area is 91.1 Å². The number of nitriles is 1. The zero-order valence-corrected chi connectivity index (χ0v) is 9.76. The maximum absolute atomic E-state index is 9.03. The van der Waals surface area contributed by atoms with Crippen LogP contribution >= 0.6 is 0 Å². The summed E-state index contributed by atoms with van der Waals surface area (Å²) in [5.74, 6) is 0.560. The summed E-state index contributed by atoms with van der Waals surface area (Å²) < 4.78 is 0. The van der Waals surface area contributed by atoms with E-state index in [2.05, 4.69) is 30.2 Å². The Bertz CT molecular complexity index is 389. The Kier molecular flexibility index (Phi) is 3.68. The van der Waals surface area contributed by atoms with E-state index in [9.17, 15) is 0 Å². The zero-order valence-electron chi connectivity index (χ0n) is 9.76. The summed E-state index contributed by atoms with van der Waals surface area (Å²) in [6.45, 7) is 8.96. The summed E-state index contributed by atoms with van der Waals surface area (Å²) >= 11 is 0. The first-order chi connectivity index (χ1) is 7.04. The normalized spacial score (nSPS) is 10.1. The third-order valence-electron chi connectivity index (χ3n) is 2.14. The molecule has 1 heterocycles. The zero-order chi connectivity index (χ0) is 11.4. The van der Waals surface area contributed by atoms with Gasteiger partial charge in [0.25, 0.3) is 0 Å². The number of pyridine rings is 1. The van der Waals surface area contributed by atoms with Gasteiger partial charge in [0, 0.05) is 12.2 Å². The molecule has 1 aromatic rings. The number of nitrogens with one attached hydrogen (secondary N) is 1. The second-order valence-electron chi connectivity index (χ2n) is 4.16. The van der Waals surface area contributed by atoms with Crippen LogP contribution in [0.1, 0.15) is 30.8 Å². The highest BCUT2D eigenvalue weighted by Gasteiger charge is 2.07. The fourth-order valence-corrected chi connectivity index (χ4v) is 1.42. The molecule has 1 aromatic heterocycles. The molecule has 0 saturated heterocycles. The Morgan fingerprint density at radius 3 is 2.67 bits per heavy atom. The molecule has 3 heteroatoms. The molecule has 0 aliphatic carbocycles. The van der Waals surface area contributed by atoms with E-state index in [0.29, 0.717) is 11.5 Å². The van der Waals surface area contributed by atoms with E-state index in [1.54, 1.807) is 0 Å². The Balaban J connectivity index is 3.00. The van der Waals surface area contributed by atoms with E-state index in [1.807, 2.05) is 19.9 Å². The lowest BCUT2D eigenvalue weighted by atomic mass is 10.1. The number of hydrogen-bond donors (Lipinski definition) is 1. The van der Waals surface area contributed by atoms with Crippen molar-refractivity contribution < 1.29 is 0 Å². The van der Waals surface area contributed by atoms with Crippen LogP contribution in [0.15, 0.2) is 6.07 Å². The van der Waals surface area contributed by atoms with Crippen LogP contribution in [0.25, 0.3) is 0 Å². The lowest BCUT2D eigenvalue weighted by molar-refractivity contribution is 0.688. The highest BCUT2D eigenvalue weighted by Crippen LogP contribution is 2.18. The van der Waals surface area contributed by atoms with Gasteiger partial charge in [-0.3, -0.25) is 4.98 Å². The van der Waals surface area contributed by atoms with Crippen molar-refractivity contribution in [2.45, 2.75) is 27.7 Å². The molecule has 0 radical (unpaired) electrons. The molecule has 0 unspecified atom stereocenters. The van der Waals surface area contributed by atoms with Crippen molar-refractivity contribution in [2.75, 3.05) is 11.9 Å². The van der Waals surface area contributed by atoms with Gasteiger partial charge in [-0.2, -0.15) is 5.26 Å². The van der Waals surface area contributed by atoms with Crippen LogP contribution in [0.3, 0.4) is 0 Å². The van der Waals surface area contributed by atoms with Gasteiger partial charge < -0.3 is 5.32 Å². The van der Waals surface area contributed by atoms with Gasteiger partial charge in [-0.25, -0.2) is 0 Å². The van der Waals surface area contributed by atoms with E-state index in [-0.39, 0.29) is 0 Å². The molecule has 15 heavy (non-hydrogen) atoms. The van der Waals surface area contributed by atoms with Crippen LogP contribution < -0.4 is 5.32 Å². The number of nitrogens with zero attached hydrogens (tertiary/aromatic N) is 2. The topological polar surface area (TPSA) is 48.7 Å². The van der Waals surface area contributed by atoms with Gasteiger partial charge in [-0.15, -0.1) is 0 Å². The van der Waals surface area contributed by atoms with Crippen molar-refractivity contribution >= 4 is 5.69 Å². The van der Waals surface area contributed by atoms with Crippen LogP contribution in [-0.2, 0) is 0 Å². The summed E-state index contributed by atoms with van der Waals surface area (Å²) in [5.41, 5.74) is 3.29. The number of hydrogen-bond acceptors (Lipinski definition) is 3. The van der Waals surface area contributed by atoms with Gasteiger partial charge in [0.05, 0.1) is 16.9 Å². The highest BCUT2D eigenvalue weighted by molar-refractivity contribution is 5.59. The Hall–Kier alpha value is -1.56. The lowest BCUT2D eigenvalue weighted by Gasteiger charge is -2.12. The minimum absolute atomic E-state index is 0.560. The lowest BCUT2D eigenvalue weighted by Crippen LogP contribution is -2.10. The first-order valence-corrected chi connectivity index (χ1v) is 5.16. The largest absolute Gasteiger partial charge is 0.384 e. The standard InChI is InChI=1S/C12H17N3/c1-8(2)7-14-12-5-9(3)15-10(4)11(12)6-13/h5,8H,7H2,1-4H3,(H,14,15). The molecule has 1 N–H and O–H groups in total. The summed E-state index contributed by atoms with van der Waals surface area (Å²) in [5, 5.41) is 12.3. The van der Waals surface area contributed by atoms with E-state index in [1.165, 1.54) is 0 Å². The Morgan fingerprint density at radius 1 is 1.47 bits per heavy atom. The summed E-state index contributed by atoms with van der Waals surface area (Å²) in [6, 6.07) is 4.11. The van der Waals surface area contributed by atoms with Crippen LogP contribution in [-0.4, -0.2) is 11.5 Å². The molecule has 0 spiro atoms. The predicted molar refractivity (Wildman–Crippen MR) is 61.8 cm³/mol. The minimum atomic E-state index is 0.560. The van der Waals surface area contributed by atoms with Crippen LogP contribution in [0.4, 0.5) is 5.69 Å². The number of aromatic nitrogens is 1. The molecule has 0 aromatic carbocycles. The molecule has 0 fully saturated rings. The van der Waals surface area contributed by atoms with Crippen molar-refractivity contribution in [3.8, 4) is 6.07 Å². The van der Waals surface area contributed by atoms with Gasteiger partial charge in [0.2, 0.25) is 0 Å². The monoisotopic (exact) mass is 203 g/mol. The molecule has 0 saturated carbocycles. The number of aryl methyl sites for hydroxylation is 2. The summed E-state index contributed by atoms with van der Waals surface area (Å²) in [4.78, 5) is 4.27. The molecule has 0 aliphatic heterocycles. The highest BCUT2D eigenvalue weighted by atomic mass is 14.9. The molecular weight excluding hydrogens is 186 g/mol. The van der Waals surface area contributed by atoms with Crippen molar-refractivity contribution in [2.24, 2.45) is 5.92 Å². The van der Waals surface area contributed by atoms with Gasteiger partial charge in [-0.05, 0) is 25.8 Å². The van der Waals surface area contributed by atoms with Crippen molar-refractivity contribution in [3.63, 3.8) is 0 Å². The van der Waals surface area contributed by atoms with Crippen LogP contribution in [0, 0.1) is 31.1 Å². The second kappa shape index (κ2) is 4.79. The van der Waals surface area contributed by atoms with E-state index < -0.39 is 0 Å². The average Bonchev–Trinajstić information content (AvgIpc) is 2.13. The maximum atomic E-state index is 9.03. The molecule has 80 valence electrons. The third-order valence-corrected chi connectivity index (χ3v) is 2.14. The third kappa shape index (κ3) is 2.95. The molecular formula is C12H17N3. The van der Waals surface area contributed by atoms with Gasteiger partial charge >= 0.3 is 0 Å². The van der Waals surface area contributed by atoms with Crippen molar-refractivity contribution in [1.29, 1.82) is 5.26 Å². The second-order valence-corrected chi connectivity index (χ2v) is 4.16. The summed E-state index contributed by atoms with van der Waals surface area (Å²) in [7, 11) is 0. The smallest absolute Gasteiger partial charge is 0.103 e. The van der Waals surface area contributed by atoms with Crippen LogP contribution in [0.2, 0.25) is 0 Å². The van der Waals surface area contributed by atoms with Crippen LogP contribution in [0.5, 0.6) is 0 Å². The van der Waals surface area contributed by atoms with Gasteiger partial charge in [0.15, 0.2) is 0 Å². The molecule has 3 nitrogen and oxygen atoms in total. The maximum Gasteiger partial charge on any atom is 0.103 e. The number of rotatable bonds is 3. The van der Waals surface area contributed by atoms with E-state index >= 15 is 0 Å². The first-order valence-electron chi connectivity index (χ1n) is 5.16. The van der Waals surface area contributed by atoms with E-state index in [4.69, 9.17) is 5.26 Å². The number of anilines is 1. The molecule has 0 aliphatic rings. The fraction of sp³-hybridized carbons (Fsp3) is 0.500. The molecule has 0 bridgehead atoms. The SMILES string of the molecule is Cc1cc(NCC(C)C)c(C#N)c(C)n1. The molecule has 1 rings (SSSR count).